The Kier molecular flexibility index (Phi) is 4.84. The van der Waals surface area contributed by atoms with Crippen molar-refractivity contribution in [2.75, 3.05) is 13.1 Å². The summed E-state index contributed by atoms with van der Waals surface area (Å²) in [6.45, 7) is 0.502. The van der Waals surface area contributed by atoms with Gasteiger partial charge < -0.3 is 15.7 Å². The Bertz CT molecular complexity index is 505. The summed E-state index contributed by atoms with van der Waals surface area (Å²) in [5.74, 6) is -0.183. The zero-order valence-electron chi connectivity index (χ0n) is 11.3. The minimum atomic E-state index is -4.51. The Morgan fingerprint density at radius 2 is 2.10 bits per heavy atom. The quantitative estimate of drug-likeness (QED) is 0.792. The van der Waals surface area contributed by atoms with Gasteiger partial charge in [-0.15, -0.1) is 0 Å². The highest BCUT2D eigenvalue weighted by atomic mass is 19.4. The van der Waals surface area contributed by atoms with Crippen LogP contribution in [-0.2, 0) is 11.0 Å². The molecule has 1 amide bonds. The van der Waals surface area contributed by atoms with Crippen LogP contribution in [0.2, 0.25) is 0 Å². The van der Waals surface area contributed by atoms with Crippen molar-refractivity contribution in [3.8, 4) is 0 Å². The Hall–Kier alpha value is -1.60. The van der Waals surface area contributed by atoms with Crippen molar-refractivity contribution in [3.05, 3.63) is 35.4 Å². The zero-order chi connectivity index (χ0) is 15.5. The predicted molar refractivity (Wildman–Crippen MR) is 70.4 cm³/mol. The lowest BCUT2D eigenvalue weighted by Gasteiger charge is -2.25. The first-order valence-electron chi connectivity index (χ1n) is 6.75. The Balaban J connectivity index is 2.03. The molecule has 1 unspecified atom stereocenters. The van der Waals surface area contributed by atoms with Crippen LogP contribution in [-0.4, -0.2) is 30.1 Å². The number of halogens is 3. The fourth-order valence-corrected chi connectivity index (χ4v) is 2.38. The van der Waals surface area contributed by atoms with Crippen LogP contribution in [0.25, 0.3) is 0 Å². The third-order valence-electron chi connectivity index (χ3n) is 3.47. The van der Waals surface area contributed by atoms with Gasteiger partial charge >= 0.3 is 6.18 Å². The number of hydrogen-bond acceptors (Lipinski definition) is 3. The molecule has 1 aromatic rings. The molecule has 4 nitrogen and oxygen atoms in total. The van der Waals surface area contributed by atoms with E-state index < -0.39 is 23.9 Å². The molecule has 1 heterocycles. The fraction of sp³-hybridized carbons (Fsp3) is 0.500. The minimum Gasteiger partial charge on any atom is -0.387 e. The molecule has 0 bridgehead atoms. The third kappa shape index (κ3) is 3.95. The number of piperidine rings is 1. The lowest BCUT2D eigenvalue weighted by atomic mass is 10.0. The summed E-state index contributed by atoms with van der Waals surface area (Å²) in [4.78, 5) is 11.5. The van der Waals surface area contributed by atoms with E-state index in [1.807, 2.05) is 0 Å². The van der Waals surface area contributed by atoms with Crippen molar-refractivity contribution in [2.45, 2.75) is 31.2 Å². The van der Waals surface area contributed by atoms with E-state index in [0.29, 0.717) is 13.0 Å². The third-order valence-corrected chi connectivity index (χ3v) is 3.47. The van der Waals surface area contributed by atoms with Crippen molar-refractivity contribution in [1.29, 1.82) is 0 Å². The van der Waals surface area contributed by atoms with Gasteiger partial charge in [-0.1, -0.05) is 18.2 Å². The second kappa shape index (κ2) is 6.44. The molecular weight excluding hydrogens is 285 g/mol. The standard InChI is InChI=1S/C14H17F3N2O2/c15-14(16,17)10-5-2-1-4-9(10)12(20)8-19-11-6-3-7-18-13(11)21/h1-2,4-5,11-12,19-20H,3,6-8H2,(H,18,21)/t11-,12?/m0/s1. The Morgan fingerprint density at radius 1 is 1.38 bits per heavy atom. The van der Waals surface area contributed by atoms with Gasteiger partial charge in [0, 0.05) is 13.1 Å². The normalized spacial score (nSPS) is 21.0. The maximum Gasteiger partial charge on any atom is 0.416 e. The van der Waals surface area contributed by atoms with Crippen LogP contribution in [0.4, 0.5) is 13.2 Å². The van der Waals surface area contributed by atoms with Crippen molar-refractivity contribution < 1.29 is 23.1 Å². The van der Waals surface area contributed by atoms with E-state index in [0.717, 1.165) is 12.5 Å². The predicted octanol–water partition coefficient (Wildman–Crippen LogP) is 1.61. The number of benzene rings is 1. The van der Waals surface area contributed by atoms with Crippen molar-refractivity contribution in [2.24, 2.45) is 0 Å². The van der Waals surface area contributed by atoms with Gasteiger partial charge in [-0.05, 0) is 24.5 Å². The van der Waals surface area contributed by atoms with Gasteiger partial charge in [-0.25, -0.2) is 0 Å². The van der Waals surface area contributed by atoms with Crippen LogP contribution in [0.3, 0.4) is 0 Å². The second-order valence-corrected chi connectivity index (χ2v) is 4.99. The molecular formula is C14H17F3N2O2. The molecule has 1 fully saturated rings. The summed E-state index contributed by atoms with van der Waals surface area (Å²) in [5, 5.41) is 15.5. The van der Waals surface area contributed by atoms with Gasteiger partial charge in [0.2, 0.25) is 5.91 Å². The first-order valence-corrected chi connectivity index (χ1v) is 6.75. The molecule has 2 rings (SSSR count). The van der Waals surface area contributed by atoms with Crippen LogP contribution in [0, 0.1) is 0 Å². The molecule has 3 N–H and O–H groups in total. The van der Waals surface area contributed by atoms with Gasteiger partial charge in [-0.3, -0.25) is 4.79 Å². The molecule has 21 heavy (non-hydrogen) atoms. The van der Waals surface area contributed by atoms with Crippen molar-refractivity contribution in [3.63, 3.8) is 0 Å². The number of aliphatic hydroxyl groups excluding tert-OH is 1. The number of carbonyl (C=O) groups is 1. The summed E-state index contributed by atoms with van der Waals surface area (Å²) in [5.41, 5.74) is -1.04. The number of aliphatic hydroxyl groups is 1. The molecule has 1 aromatic carbocycles. The van der Waals surface area contributed by atoms with Gasteiger partial charge in [0.1, 0.15) is 0 Å². The van der Waals surface area contributed by atoms with Gasteiger partial charge in [0.05, 0.1) is 17.7 Å². The minimum absolute atomic E-state index is 0.106. The van der Waals surface area contributed by atoms with Gasteiger partial charge in [-0.2, -0.15) is 13.2 Å². The molecule has 0 aliphatic carbocycles. The number of hydrogen-bond donors (Lipinski definition) is 3. The molecule has 0 aromatic heterocycles. The van der Waals surface area contributed by atoms with E-state index in [-0.39, 0.29) is 18.0 Å². The molecule has 0 spiro atoms. The lowest BCUT2D eigenvalue weighted by Crippen LogP contribution is -2.49. The lowest BCUT2D eigenvalue weighted by molar-refractivity contribution is -0.139. The highest BCUT2D eigenvalue weighted by Gasteiger charge is 2.34. The van der Waals surface area contributed by atoms with Crippen LogP contribution in [0.1, 0.15) is 30.1 Å². The van der Waals surface area contributed by atoms with Crippen molar-refractivity contribution >= 4 is 5.91 Å². The maximum absolute atomic E-state index is 12.9. The molecule has 2 atom stereocenters. The summed E-state index contributed by atoms with van der Waals surface area (Å²) < 4.78 is 38.6. The van der Waals surface area contributed by atoms with Crippen LogP contribution < -0.4 is 10.6 Å². The molecule has 1 aliphatic heterocycles. The Labute approximate surface area is 120 Å². The van der Waals surface area contributed by atoms with Crippen LogP contribution in [0.15, 0.2) is 24.3 Å². The van der Waals surface area contributed by atoms with Crippen molar-refractivity contribution in [1.82, 2.24) is 10.6 Å². The molecule has 1 aliphatic rings. The SMILES string of the molecule is O=C1NCCC[C@@H]1NCC(O)c1ccccc1C(F)(F)F. The fourth-order valence-electron chi connectivity index (χ4n) is 2.38. The highest BCUT2D eigenvalue weighted by molar-refractivity contribution is 5.82. The number of carbonyl (C=O) groups excluding carboxylic acids is 1. The van der Waals surface area contributed by atoms with E-state index in [4.69, 9.17) is 0 Å². The number of rotatable bonds is 4. The summed E-state index contributed by atoms with van der Waals surface area (Å²) in [6, 6.07) is 4.44. The van der Waals surface area contributed by atoms with Crippen LogP contribution in [0.5, 0.6) is 0 Å². The molecule has 7 heteroatoms. The first kappa shape index (κ1) is 15.8. The average Bonchev–Trinajstić information content (AvgIpc) is 2.45. The smallest absolute Gasteiger partial charge is 0.387 e. The molecule has 0 radical (unpaired) electrons. The monoisotopic (exact) mass is 302 g/mol. The van der Waals surface area contributed by atoms with E-state index in [1.165, 1.54) is 18.2 Å². The number of alkyl halides is 3. The number of amides is 1. The van der Waals surface area contributed by atoms with E-state index in [2.05, 4.69) is 10.6 Å². The van der Waals surface area contributed by atoms with E-state index >= 15 is 0 Å². The van der Waals surface area contributed by atoms with E-state index in [9.17, 15) is 23.1 Å². The summed E-state index contributed by atoms with van der Waals surface area (Å²) in [6.07, 6.45) is -4.42. The van der Waals surface area contributed by atoms with E-state index in [1.54, 1.807) is 0 Å². The maximum atomic E-state index is 12.9. The largest absolute Gasteiger partial charge is 0.416 e. The topological polar surface area (TPSA) is 61.4 Å². The average molecular weight is 302 g/mol. The van der Waals surface area contributed by atoms with Crippen LogP contribution >= 0.6 is 0 Å². The first-order chi connectivity index (χ1) is 9.89. The number of nitrogens with one attached hydrogen (secondary N) is 2. The highest BCUT2D eigenvalue weighted by Crippen LogP contribution is 2.34. The molecule has 116 valence electrons. The zero-order valence-corrected chi connectivity index (χ0v) is 11.3. The second-order valence-electron chi connectivity index (χ2n) is 4.99. The summed E-state index contributed by atoms with van der Waals surface area (Å²) in [7, 11) is 0. The van der Waals surface area contributed by atoms with Gasteiger partial charge in [0.25, 0.3) is 0 Å². The molecule has 0 saturated carbocycles. The summed E-state index contributed by atoms with van der Waals surface area (Å²) >= 11 is 0. The molecule has 1 saturated heterocycles. The van der Waals surface area contributed by atoms with Gasteiger partial charge in [0.15, 0.2) is 0 Å². The Morgan fingerprint density at radius 3 is 2.76 bits per heavy atom.